The van der Waals surface area contributed by atoms with Gasteiger partial charge in [0, 0.05) is 23.7 Å². The number of aromatic nitrogens is 5. The number of hydrogen-bond donors (Lipinski definition) is 0. The minimum atomic E-state index is -0.818. The molecule has 5 heterocycles. The summed E-state index contributed by atoms with van der Waals surface area (Å²) >= 11 is 0. The highest BCUT2D eigenvalue weighted by Gasteiger charge is 2.37. The van der Waals surface area contributed by atoms with E-state index in [2.05, 4.69) is 21.4 Å². The summed E-state index contributed by atoms with van der Waals surface area (Å²) in [7, 11) is 1.78. The van der Waals surface area contributed by atoms with E-state index >= 15 is 4.39 Å². The first-order valence-electron chi connectivity index (χ1n) is 13.3. The summed E-state index contributed by atoms with van der Waals surface area (Å²) in [6.45, 7) is 9.28. The monoisotopic (exact) mass is 559 g/mol. The topological polar surface area (TPSA) is 120 Å². The molecule has 12 heteroatoms. The lowest BCUT2D eigenvalue weighted by Gasteiger charge is -2.29. The fourth-order valence-corrected chi connectivity index (χ4v) is 5.24. The predicted molar refractivity (Wildman–Crippen MR) is 146 cm³/mol. The number of ether oxygens (including phenoxy) is 3. The van der Waals surface area contributed by atoms with Crippen molar-refractivity contribution in [3.05, 3.63) is 53.2 Å². The number of anilines is 1. The van der Waals surface area contributed by atoms with Crippen molar-refractivity contribution >= 4 is 17.6 Å². The van der Waals surface area contributed by atoms with Crippen LogP contribution in [-0.4, -0.2) is 49.3 Å². The minimum Gasteiger partial charge on any atom is -0.493 e. The van der Waals surface area contributed by atoms with Gasteiger partial charge < -0.3 is 14.2 Å². The van der Waals surface area contributed by atoms with E-state index in [0.717, 1.165) is 0 Å². The highest BCUT2D eigenvalue weighted by Crippen LogP contribution is 2.44. The molecule has 2 aliphatic rings. The smallest absolute Gasteiger partial charge is 0.416 e. The molecule has 1 amide bonds. The standard InChI is InChI=1S/C29H30FN7O4/c1-28(2,3)41-27(38)36-11-18-19(30)7-8-21-24(18)16(12-39-21)13-40-22-9-17(25-33-32-15-37(25)26(22)36)20-10-23(34-35(20)6)29(4,5)14-31/h7-10,15-16H,11-13H2,1-6H3/t16-/m1/s1. The summed E-state index contributed by atoms with van der Waals surface area (Å²) in [6.07, 6.45) is 0.797. The molecule has 1 atom stereocenters. The Hall–Kier alpha value is -4.66. The first-order valence-corrected chi connectivity index (χ1v) is 13.3. The molecule has 41 heavy (non-hydrogen) atoms. The summed E-state index contributed by atoms with van der Waals surface area (Å²) in [6, 6.07) is 8.86. The zero-order chi connectivity index (χ0) is 29.3. The van der Waals surface area contributed by atoms with Gasteiger partial charge in [-0.15, -0.1) is 10.2 Å². The largest absolute Gasteiger partial charge is 0.493 e. The summed E-state index contributed by atoms with van der Waals surface area (Å²) < 4.78 is 36.8. The number of amides is 1. The van der Waals surface area contributed by atoms with Crippen LogP contribution in [0, 0.1) is 17.1 Å². The molecule has 0 unspecified atom stereocenters. The van der Waals surface area contributed by atoms with Crippen LogP contribution in [0.2, 0.25) is 0 Å². The van der Waals surface area contributed by atoms with Crippen LogP contribution in [0.4, 0.5) is 15.0 Å². The Labute approximate surface area is 236 Å². The lowest BCUT2D eigenvalue weighted by atomic mass is 9.91. The molecular formula is C29H30FN7O4. The van der Waals surface area contributed by atoms with Crippen LogP contribution < -0.4 is 14.4 Å². The number of nitriles is 1. The third-order valence-corrected chi connectivity index (χ3v) is 7.32. The van der Waals surface area contributed by atoms with Crippen molar-refractivity contribution in [2.45, 2.75) is 58.1 Å². The molecule has 0 saturated heterocycles. The fraction of sp³-hybridized carbons (Fsp3) is 0.414. The number of aryl methyl sites for hydroxylation is 1. The molecule has 6 rings (SSSR count). The normalized spacial score (nSPS) is 16.5. The SMILES string of the molecule is Cn1nc(C(C)(C)C#N)cc1-c1cc2c(n3cnnc13)N(C(=O)OC(C)(C)C)Cc1c(F)ccc3c1[C@H](CO3)CO2. The van der Waals surface area contributed by atoms with Crippen molar-refractivity contribution in [2.75, 3.05) is 18.1 Å². The van der Waals surface area contributed by atoms with Gasteiger partial charge >= 0.3 is 6.09 Å². The van der Waals surface area contributed by atoms with Gasteiger partial charge in [-0.05, 0) is 58.9 Å². The van der Waals surface area contributed by atoms with Crippen molar-refractivity contribution in [2.24, 2.45) is 7.05 Å². The first kappa shape index (κ1) is 26.6. The molecule has 0 aliphatic carbocycles. The summed E-state index contributed by atoms with van der Waals surface area (Å²) in [4.78, 5) is 15.1. The summed E-state index contributed by atoms with van der Waals surface area (Å²) in [5, 5.41) is 22.8. The number of hydrogen-bond acceptors (Lipinski definition) is 8. The molecule has 0 spiro atoms. The molecule has 3 aromatic heterocycles. The van der Waals surface area contributed by atoms with Gasteiger partial charge in [-0.1, -0.05) is 0 Å². The highest BCUT2D eigenvalue weighted by molar-refractivity contribution is 5.91. The van der Waals surface area contributed by atoms with Gasteiger partial charge in [-0.3, -0.25) is 14.0 Å². The first-order chi connectivity index (χ1) is 19.4. The van der Waals surface area contributed by atoms with Gasteiger partial charge in [-0.25, -0.2) is 9.18 Å². The van der Waals surface area contributed by atoms with Crippen LogP contribution in [-0.2, 0) is 23.7 Å². The quantitative estimate of drug-likeness (QED) is 0.341. The Bertz CT molecular complexity index is 1740. The number of rotatable bonds is 2. The maximum Gasteiger partial charge on any atom is 0.416 e. The van der Waals surface area contributed by atoms with Crippen molar-refractivity contribution in [3.63, 3.8) is 0 Å². The van der Waals surface area contributed by atoms with Crippen molar-refractivity contribution in [1.82, 2.24) is 24.4 Å². The van der Waals surface area contributed by atoms with Crippen LogP contribution in [0.5, 0.6) is 11.5 Å². The van der Waals surface area contributed by atoms with Gasteiger partial charge in [0.1, 0.15) is 23.5 Å². The number of nitrogens with zero attached hydrogens (tertiary/aromatic N) is 7. The van der Waals surface area contributed by atoms with Crippen LogP contribution in [0.1, 0.15) is 57.4 Å². The van der Waals surface area contributed by atoms with Gasteiger partial charge in [-0.2, -0.15) is 10.4 Å². The zero-order valence-electron chi connectivity index (χ0n) is 23.7. The Kier molecular flexibility index (Phi) is 5.95. The number of benzene rings is 1. The van der Waals surface area contributed by atoms with Crippen LogP contribution in [0.25, 0.3) is 16.9 Å². The number of carbonyl (C=O) groups excluding carboxylic acids is 1. The zero-order valence-corrected chi connectivity index (χ0v) is 23.7. The number of carbonyl (C=O) groups is 1. The van der Waals surface area contributed by atoms with Crippen LogP contribution in [0.15, 0.2) is 30.6 Å². The maximum atomic E-state index is 15.4. The van der Waals surface area contributed by atoms with E-state index in [1.807, 2.05) is 6.07 Å². The summed E-state index contributed by atoms with van der Waals surface area (Å²) in [5.41, 5.74) is 1.71. The maximum absolute atomic E-state index is 15.4. The summed E-state index contributed by atoms with van der Waals surface area (Å²) in [5.74, 6) is 0.530. The van der Waals surface area contributed by atoms with E-state index in [4.69, 9.17) is 14.2 Å². The van der Waals surface area contributed by atoms with E-state index in [0.29, 0.717) is 57.6 Å². The van der Waals surface area contributed by atoms with Crippen molar-refractivity contribution in [1.29, 1.82) is 5.26 Å². The van der Waals surface area contributed by atoms with E-state index in [1.165, 1.54) is 17.3 Å². The Morgan fingerprint density at radius 3 is 2.59 bits per heavy atom. The van der Waals surface area contributed by atoms with Crippen molar-refractivity contribution in [3.8, 4) is 28.8 Å². The second kappa shape index (κ2) is 9.19. The van der Waals surface area contributed by atoms with E-state index in [-0.39, 0.29) is 19.1 Å². The molecule has 11 nitrogen and oxygen atoms in total. The third-order valence-electron chi connectivity index (χ3n) is 7.32. The van der Waals surface area contributed by atoms with Crippen molar-refractivity contribution < 1.29 is 23.4 Å². The highest BCUT2D eigenvalue weighted by atomic mass is 19.1. The molecule has 0 radical (unpaired) electrons. The van der Waals surface area contributed by atoms with Gasteiger partial charge in [0.05, 0.1) is 48.5 Å². The van der Waals surface area contributed by atoms with E-state index in [9.17, 15) is 10.1 Å². The minimum absolute atomic E-state index is 0.126. The lowest BCUT2D eigenvalue weighted by Crippen LogP contribution is -2.38. The molecule has 0 N–H and O–H groups in total. The van der Waals surface area contributed by atoms with E-state index in [1.54, 1.807) is 62.9 Å². The number of halogens is 1. The predicted octanol–water partition coefficient (Wildman–Crippen LogP) is 4.88. The molecular weight excluding hydrogens is 529 g/mol. The number of fused-ring (bicyclic) bond motifs is 3. The second-order valence-electron chi connectivity index (χ2n) is 11.9. The van der Waals surface area contributed by atoms with Crippen LogP contribution >= 0.6 is 0 Å². The van der Waals surface area contributed by atoms with Crippen LogP contribution in [0.3, 0.4) is 0 Å². The van der Waals surface area contributed by atoms with E-state index < -0.39 is 22.9 Å². The average molecular weight is 560 g/mol. The molecule has 0 fully saturated rings. The molecule has 1 aromatic carbocycles. The van der Waals surface area contributed by atoms with Gasteiger partial charge in [0.15, 0.2) is 17.2 Å². The Balaban J connectivity index is 1.59. The molecule has 0 saturated carbocycles. The Morgan fingerprint density at radius 2 is 1.88 bits per heavy atom. The molecule has 4 aromatic rings. The number of pyridine rings is 1. The molecule has 0 bridgehead atoms. The molecule has 212 valence electrons. The average Bonchev–Trinajstić information content (AvgIpc) is 3.64. The van der Waals surface area contributed by atoms with Gasteiger partial charge in [0.25, 0.3) is 0 Å². The Morgan fingerprint density at radius 1 is 1.15 bits per heavy atom. The fourth-order valence-electron chi connectivity index (χ4n) is 5.24. The second-order valence-corrected chi connectivity index (χ2v) is 11.9. The molecule has 2 aliphatic heterocycles. The van der Waals surface area contributed by atoms with Gasteiger partial charge in [0.2, 0.25) is 0 Å². The lowest BCUT2D eigenvalue weighted by molar-refractivity contribution is 0.0574. The third kappa shape index (κ3) is 4.41.